The van der Waals surface area contributed by atoms with Crippen LogP contribution in [0, 0.1) is 5.82 Å². The molecule has 3 heterocycles. The zero-order valence-corrected chi connectivity index (χ0v) is 16.1. The Balaban J connectivity index is 1.57. The third-order valence-electron chi connectivity index (χ3n) is 5.01. The fourth-order valence-electron chi connectivity index (χ4n) is 3.38. The van der Waals surface area contributed by atoms with E-state index < -0.39 is 11.9 Å². The Kier molecular flexibility index (Phi) is 4.21. The number of benzene rings is 1. The summed E-state index contributed by atoms with van der Waals surface area (Å²) in [6.07, 6.45) is 7.47. The summed E-state index contributed by atoms with van der Waals surface area (Å²) in [6, 6.07) is 2.57. The van der Waals surface area contributed by atoms with Gasteiger partial charge in [-0.1, -0.05) is 16.8 Å². The SMILES string of the molecule is COc1cc(F)c(-n2cc([C@H](O)c3c(C4CC4)ncc4cncn34)nn2)cc1Cl. The van der Waals surface area contributed by atoms with Crippen molar-refractivity contribution in [2.24, 2.45) is 0 Å². The first-order valence-corrected chi connectivity index (χ1v) is 9.39. The van der Waals surface area contributed by atoms with Gasteiger partial charge in [0.25, 0.3) is 0 Å². The molecule has 0 bridgehead atoms. The number of hydrogen-bond donors (Lipinski definition) is 1. The molecule has 1 aliphatic carbocycles. The van der Waals surface area contributed by atoms with Gasteiger partial charge in [-0.3, -0.25) is 9.38 Å². The summed E-state index contributed by atoms with van der Waals surface area (Å²) in [6.45, 7) is 0. The summed E-state index contributed by atoms with van der Waals surface area (Å²) in [4.78, 5) is 8.67. The molecule has 29 heavy (non-hydrogen) atoms. The van der Waals surface area contributed by atoms with Crippen molar-refractivity contribution >= 4 is 17.1 Å². The molecule has 1 saturated carbocycles. The molecule has 1 aliphatic rings. The molecule has 1 aromatic carbocycles. The van der Waals surface area contributed by atoms with E-state index in [0.717, 1.165) is 24.1 Å². The molecule has 0 radical (unpaired) electrons. The van der Waals surface area contributed by atoms with Crippen molar-refractivity contribution in [2.45, 2.75) is 24.9 Å². The first-order chi connectivity index (χ1) is 14.1. The van der Waals surface area contributed by atoms with Gasteiger partial charge >= 0.3 is 0 Å². The number of halogens is 2. The molecule has 0 amide bonds. The van der Waals surface area contributed by atoms with E-state index in [1.807, 2.05) is 0 Å². The number of ether oxygens (including phenoxy) is 1. The van der Waals surface area contributed by atoms with E-state index in [-0.39, 0.29) is 22.2 Å². The minimum absolute atomic E-state index is 0.100. The molecule has 4 aromatic rings. The maximum absolute atomic E-state index is 14.5. The molecule has 1 atom stereocenters. The monoisotopic (exact) mass is 414 g/mol. The van der Waals surface area contributed by atoms with Crippen molar-refractivity contribution in [1.82, 2.24) is 29.4 Å². The van der Waals surface area contributed by atoms with Gasteiger partial charge in [0, 0.05) is 12.0 Å². The average Bonchev–Trinajstić information content (AvgIpc) is 3.25. The van der Waals surface area contributed by atoms with Crippen LogP contribution in [0.15, 0.2) is 37.1 Å². The maximum atomic E-state index is 14.5. The van der Waals surface area contributed by atoms with Crippen LogP contribution in [0.1, 0.15) is 41.9 Å². The van der Waals surface area contributed by atoms with Crippen LogP contribution in [0.5, 0.6) is 5.75 Å². The molecule has 0 spiro atoms. The number of aliphatic hydroxyl groups excluding tert-OH is 1. The van der Waals surface area contributed by atoms with Crippen LogP contribution in [0.2, 0.25) is 5.02 Å². The Morgan fingerprint density at radius 3 is 2.90 bits per heavy atom. The molecule has 5 rings (SSSR count). The summed E-state index contributed by atoms with van der Waals surface area (Å²) < 4.78 is 22.5. The first-order valence-electron chi connectivity index (χ1n) is 9.01. The number of hydrogen-bond acceptors (Lipinski definition) is 6. The largest absolute Gasteiger partial charge is 0.495 e. The highest BCUT2D eigenvalue weighted by molar-refractivity contribution is 6.32. The van der Waals surface area contributed by atoms with Gasteiger partial charge in [-0.15, -0.1) is 5.10 Å². The number of fused-ring (bicyclic) bond motifs is 1. The molecule has 1 fully saturated rings. The van der Waals surface area contributed by atoms with Crippen molar-refractivity contribution in [3.05, 3.63) is 65.0 Å². The highest BCUT2D eigenvalue weighted by Gasteiger charge is 2.32. The van der Waals surface area contributed by atoms with Crippen molar-refractivity contribution in [3.63, 3.8) is 0 Å². The third kappa shape index (κ3) is 3.02. The highest BCUT2D eigenvalue weighted by Crippen LogP contribution is 2.42. The van der Waals surface area contributed by atoms with E-state index in [0.29, 0.717) is 11.6 Å². The Hall–Kier alpha value is -3.04. The van der Waals surface area contributed by atoms with Gasteiger partial charge < -0.3 is 9.84 Å². The standard InChI is InChI=1S/C19H16ClFN6O2/c1-29-16-5-13(21)15(4-12(16)20)27-8-14(24-25-27)19(28)18-17(10-2-3-10)23-7-11-6-22-9-26(11)18/h4-10,19,28H,2-3H2,1H3/t19-/m0/s1. The van der Waals surface area contributed by atoms with E-state index in [2.05, 4.69) is 20.3 Å². The minimum Gasteiger partial charge on any atom is -0.495 e. The molecule has 0 aliphatic heterocycles. The second kappa shape index (κ2) is 6.78. The normalized spacial score (nSPS) is 15.0. The summed E-state index contributed by atoms with van der Waals surface area (Å²) in [7, 11) is 1.41. The lowest BCUT2D eigenvalue weighted by Crippen LogP contribution is -2.11. The molecule has 3 aromatic heterocycles. The lowest BCUT2D eigenvalue weighted by molar-refractivity contribution is 0.206. The van der Waals surface area contributed by atoms with Crippen LogP contribution in [0.25, 0.3) is 11.2 Å². The fraction of sp³-hybridized carbons (Fsp3) is 0.263. The summed E-state index contributed by atoms with van der Waals surface area (Å²) in [5.41, 5.74) is 2.55. The number of methoxy groups -OCH3 is 1. The molecular formula is C19H16ClFN6O2. The Morgan fingerprint density at radius 1 is 1.31 bits per heavy atom. The van der Waals surface area contributed by atoms with E-state index in [1.165, 1.54) is 30.1 Å². The van der Waals surface area contributed by atoms with Crippen molar-refractivity contribution in [3.8, 4) is 11.4 Å². The molecule has 148 valence electrons. The predicted molar refractivity (Wildman–Crippen MR) is 102 cm³/mol. The average molecular weight is 415 g/mol. The van der Waals surface area contributed by atoms with Gasteiger partial charge in [0.15, 0.2) is 5.82 Å². The molecular weight excluding hydrogens is 399 g/mol. The van der Waals surface area contributed by atoms with Crippen LogP contribution >= 0.6 is 11.6 Å². The molecule has 0 saturated heterocycles. The number of aliphatic hydroxyl groups is 1. The van der Waals surface area contributed by atoms with E-state index >= 15 is 0 Å². The Morgan fingerprint density at radius 2 is 2.14 bits per heavy atom. The van der Waals surface area contributed by atoms with Crippen LogP contribution in [0.3, 0.4) is 0 Å². The Labute approximate surface area is 169 Å². The zero-order chi connectivity index (χ0) is 20.1. The lowest BCUT2D eigenvalue weighted by atomic mass is 10.1. The quantitative estimate of drug-likeness (QED) is 0.539. The first kappa shape index (κ1) is 18.0. The smallest absolute Gasteiger partial charge is 0.152 e. The third-order valence-corrected chi connectivity index (χ3v) is 5.30. The summed E-state index contributed by atoms with van der Waals surface area (Å²) in [5.74, 6) is -0.0474. The van der Waals surface area contributed by atoms with Crippen LogP contribution < -0.4 is 4.74 Å². The summed E-state index contributed by atoms with van der Waals surface area (Å²) in [5, 5.41) is 19.4. The van der Waals surface area contributed by atoms with Crippen molar-refractivity contribution in [2.75, 3.05) is 7.11 Å². The second-order valence-electron chi connectivity index (χ2n) is 6.92. The van der Waals surface area contributed by atoms with Crippen LogP contribution in [-0.2, 0) is 0 Å². The Bertz CT molecular complexity index is 1220. The summed E-state index contributed by atoms with van der Waals surface area (Å²) >= 11 is 6.11. The van der Waals surface area contributed by atoms with E-state index in [9.17, 15) is 9.50 Å². The van der Waals surface area contributed by atoms with Gasteiger partial charge in [-0.2, -0.15) is 0 Å². The molecule has 10 heteroatoms. The number of nitrogens with zero attached hydrogens (tertiary/aromatic N) is 6. The van der Waals surface area contributed by atoms with Gasteiger partial charge in [0.2, 0.25) is 0 Å². The lowest BCUT2D eigenvalue weighted by Gasteiger charge is -2.15. The van der Waals surface area contributed by atoms with Gasteiger partial charge in [0.05, 0.1) is 54.0 Å². The van der Waals surface area contributed by atoms with Gasteiger partial charge in [-0.25, -0.2) is 14.1 Å². The van der Waals surface area contributed by atoms with Crippen molar-refractivity contribution in [1.29, 1.82) is 0 Å². The molecule has 1 N–H and O–H groups in total. The number of aromatic nitrogens is 6. The van der Waals surface area contributed by atoms with E-state index in [4.69, 9.17) is 16.3 Å². The van der Waals surface area contributed by atoms with E-state index in [1.54, 1.807) is 23.1 Å². The van der Waals surface area contributed by atoms with Crippen LogP contribution in [-0.4, -0.2) is 41.6 Å². The minimum atomic E-state index is -1.10. The van der Waals surface area contributed by atoms with Crippen LogP contribution in [0.4, 0.5) is 4.39 Å². The highest BCUT2D eigenvalue weighted by atomic mass is 35.5. The topological polar surface area (TPSA) is 90.4 Å². The molecule has 8 nitrogen and oxygen atoms in total. The predicted octanol–water partition coefficient (Wildman–Crippen LogP) is 3.07. The van der Waals surface area contributed by atoms with Gasteiger partial charge in [-0.05, 0) is 18.9 Å². The molecule has 0 unspecified atom stereocenters. The number of imidazole rings is 1. The maximum Gasteiger partial charge on any atom is 0.152 e. The zero-order valence-electron chi connectivity index (χ0n) is 15.3. The van der Waals surface area contributed by atoms with Gasteiger partial charge in [0.1, 0.15) is 23.2 Å². The van der Waals surface area contributed by atoms with Crippen molar-refractivity contribution < 1.29 is 14.2 Å². The fourth-order valence-corrected chi connectivity index (χ4v) is 3.62. The second-order valence-corrected chi connectivity index (χ2v) is 7.33. The number of rotatable bonds is 5.